The SMILES string of the molecule is CCCCCCCCCCCCN(CCO)CCO.Cc1nn(-c2ccccc2)c(=O)[c-]1N=Nc1cc([N+](=O)[O-])ccc1O.Cc1nn(-c2ccccc2)c(=O)[c-]1N=Nc1ccc([N+](=O)[O-])cc1O.[Cr].[H+]. The largest absolute Gasteiger partial charge is 1.00 e. The number of nitro groups is 2. The molecule has 6 aromatic rings. The van der Waals surface area contributed by atoms with E-state index in [-0.39, 0.29) is 71.9 Å². The number of para-hydroxylation sites is 2. The number of aliphatic hydroxyl groups excluding tert-OH is 2. The fourth-order valence-electron chi connectivity index (χ4n) is 6.78. The Morgan fingerprint density at radius 3 is 1.47 bits per heavy atom. The van der Waals surface area contributed by atoms with Crippen LogP contribution in [-0.2, 0) is 17.4 Å². The van der Waals surface area contributed by atoms with Crippen LogP contribution in [0, 0.1) is 34.1 Å². The predicted molar refractivity (Wildman–Crippen MR) is 262 cm³/mol. The van der Waals surface area contributed by atoms with Crippen LogP contribution in [0.4, 0.5) is 34.1 Å². The minimum Gasteiger partial charge on any atom is -0.506 e. The second kappa shape index (κ2) is 30.4. The average Bonchev–Trinajstić information content (AvgIpc) is 3.80. The molecule has 0 aliphatic heterocycles. The van der Waals surface area contributed by atoms with Gasteiger partial charge in [-0.15, -0.1) is 11.4 Å². The Bertz CT molecular complexity index is 2720. The van der Waals surface area contributed by atoms with Crippen molar-refractivity contribution in [3.8, 4) is 22.9 Å². The number of hydrogen-bond acceptors (Lipinski definition) is 17. The number of aromatic hydroxyl groups is 2. The normalized spacial score (nSPS) is 11.0. The summed E-state index contributed by atoms with van der Waals surface area (Å²) in [6.07, 6.45) is 13.5. The van der Waals surface area contributed by atoms with E-state index in [4.69, 9.17) is 10.2 Å². The molecule has 0 radical (unpaired) electrons. The summed E-state index contributed by atoms with van der Waals surface area (Å²) in [5, 5.41) is 82.3. The van der Waals surface area contributed by atoms with Crippen molar-refractivity contribution in [1.82, 2.24) is 24.5 Å². The summed E-state index contributed by atoms with van der Waals surface area (Å²) >= 11 is 0. The van der Waals surface area contributed by atoms with Crippen LogP contribution in [0.25, 0.3) is 11.4 Å². The molecule has 6 rings (SSSR count). The van der Waals surface area contributed by atoms with Gasteiger partial charge in [-0.25, -0.2) is 19.6 Å². The number of hydrogen-bond donors (Lipinski definition) is 4. The topological polar surface area (TPSA) is 290 Å². The molecule has 22 heteroatoms. The second-order valence-electron chi connectivity index (χ2n) is 15.7. The van der Waals surface area contributed by atoms with Crippen LogP contribution in [0.15, 0.2) is 127 Å². The van der Waals surface area contributed by atoms with Crippen molar-refractivity contribution in [2.24, 2.45) is 20.5 Å². The summed E-state index contributed by atoms with van der Waals surface area (Å²) in [5.41, 5.74) is 0.381. The molecule has 70 heavy (non-hydrogen) atoms. The van der Waals surface area contributed by atoms with E-state index in [0.717, 1.165) is 30.8 Å². The number of aliphatic hydroxyl groups is 2. The van der Waals surface area contributed by atoms with Gasteiger partial charge in [0.25, 0.3) is 11.4 Å². The molecule has 0 bridgehead atoms. The van der Waals surface area contributed by atoms with Crippen molar-refractivity contribution >= 4 is 34.1 Å². The Labute approximate surface area is 416 Å². The summed E-state index contributed by atoms with van der Waals surface area (Å²) in [7, 11) is 0. The number of nitrogens with zero attached hydrogens (tertiary/aromatic N) is 11. The monoisotopic (exact) mass is 1000 g/mol. The van der Waals surface area contributed by atoms with Gasteiger partial charge in [0.1, 0.15) is 34.0 Å². The van der Waals surface area contributed by atoms with Gasteiger partial charge in [0, 0.05) is 48.6 Å². The van der Waals surface area contributed by atoms with E-state index in [9.17, 15) is 40.0 Å². The maximum absolute atomic E-state index is 12.4. The van der Waals surface area contributed by atoms with Gasteiger partial charge in [0.2, 0.25) is 0 Å². The number of azo groups is 2. The summed E-state index contributed by atoms with van der Waals surface area (Å²) in [5.74, 6) is -0.687. The number of nitro benzene ring substituents is 2. The second-order valence-corrected chi connectivity index (χ2v) is 15.7. The molecule has 0 atom stereocenters. The van der Waals surface area contributed by atoms with Gasteiger partial charge in [-0.3, -0.25) is 25.1 Å². The minimum atomic E-state index is -0.634. The van der Waals surface area contributed by atoms with Crippen molar-refractivity contribution < 1.29 is 49.1 Å². The number of unbranched alkanes of at least 4 members (excludes halogenated alkanes) is 9. The maximum Gasteiger partial charge on any atom is 1.00 e. The number of non-ortho nitro benzene ring substituents is 2. The average molecular weight is 1000 g/mol. The molecule has 0 saturated carbocycles. The van der Waals surface area contributed by atoms with Crippen LogP contribution in [0.1, 0.15) is 83.9 Å². The zero-order chi connectivity index (χ0) is 50.1. The van der Waals surface area contributed by atoms with Gasteiger partial charge in [-0.2, -0.15) is 10.2 Å². The Morgan fingerprint density at radius 1 is 0.600 bits per heavy atom. The summed E-state index contributed by atoms with van der Waals surface area (Å²) < 4.78 is 2.40. The van der Waals surface area contributed by atoms with E-state index in [0.29, 0.717) is 35.9 Å². The molecule has 0 unspecified atom stereocenters. The quantitative estimate of drug-likeness (QED) is 0.0153. The number of phenolic OH excluding ortho intramolecular Hbond substituents is 2. The molecule has 2 heterocycles. The smallest absolute Gasteiger partial charge is 0.506 e. The summed E-state index contributed by atoms with van der Waals surface area (Å²) in [4.78, 5) is 47.2. The Kier molecular flexibility index (Phi) is 24.9. The number of benzene rings is 4. The number of aryl methyl sites for hydroxylation is 2. The van der Waals surface area contributed by atoms with E-state index in [2.05, 4.69) is 42.5 Å². The Hall–Kier alpha value is -7.09. The van der Waals surface area contributed by atoms with Crippen LogP contribution < -0.4 is 11.1 Å². The van der Waals surface area contributed by atoms with Crippen LogP contribution in [0.5, 0.6) is 11.5 Å². The van der Waals surface area contributed by atoms with Crippen molar-refractivity contribution in [3.63, 3.8) is 0 Å². The number of rotatable bonds is 23. The molecule has 0 aliphatic carbocycles. The predicted octanol–water partition coefficient (Wildman–Crippen LogP) is 9.88. The summed E-state index contributed by atoms with van der Waals surface area (Å²) in [6, 6.07) is 24.4. The Morgan fingerprint density at radius 2 is 1.03 bits per heavy atom. The first-order chi connectivity index (χ1) is 33.3. The molecular formula is C48H60CrN11O10-. The van der Waals surface area contributed by atoms with Gasteiger partial charge in [0.05, 0.1) is 40.5 Å². The molecule has 0 fully saturated rings. The molecule has 0 amide bonds. The fraction of sp³-hybridized carbons (Fsp3) is 0.375. The number of phenols is 2. The van der Waals surface area contributed by atoms with Crippen molar-refractivity contribution in [1.29, 1.82) is 0 Å². The van der Waals surface area contributed by atoms with E-state index in [1.165, 1.54) is 85.7 Å². The standard InChI is InChI=1S/2C16H12N5O4.C16H35NO2.Cr/c1-10-15(16(23)20(19-10)11-5-3-2-4-6-11)18-17-13-9-12(21(24)25)7-8-14(13)22;1-10-15(16(23)20(19-10)11-5-3-2-4-6-11)18-17-13-8-7-12(21(24)25)9-14(13)22;1-2-3-4-5-6-7-8-9-10-11-12-17(13-15-18)14-16-19;/h2*2-9,22H,1H3;18-19H,2-16H2,1H3;/q2*-1;;/p+1. The molecule has 4 aromatic carbocycles. The van der Waals surface area contributed by atoms with Crippen LogP contribution in [-0.4, -0.2) is 87.6 Å². The summed E-state index contributed by atoms with van der Waals surface area (Å²) in [6.45, 7) is 8.26. The van der Waals surface area contributed by atoms with E-state index in [1.807, 2.05) is 12.1 Å². The van der Waals surface area contributed by atoms with Gasteiger partial charge in [-0.05, 0) is 49.4 Å². The van der Waals surface area contributed by atoms with Gasteiger partial charge in [0.15, 0.2) is 0 Å². The van der Waals surface area contributed by atoms with Crippen molar-refractivity contribution in [2.75, 3.05) is 32.8 Å². The zero-order valence-electron chi connectivity index (χ0n) is 40.4. The molecule has 0 spiro atoms. The minimum absolute atomic E-state index is 0. The maximum atomic E-state index is 12.4. The molecule has 0 saturated heterocycles. The van der Waals surface area contributed by atoms with Gasteiger partial charge < -0.3 is 40.2 Å². The van der Waals surface area contributed by atoms with Crippen molar-refractivity contribution in [2.45, 2.75) is 85.0 Å². The third-order valence-electron chi connectivity index (χ3n) is 10.5. The first-order valence-electron chi connectivity index (χ1n) is 22.7. The first-order valence-corrected chi connectivity index (χ1v) is 22.7. The number of aromatic nitrogens is 4. The molecule has 0 aliphatic rings. The molecule has 374 valence electrons. The van der Waals surface area contributed by atoms with Crippen LogP contribution in [0.2, 0.25) is 0 Å². The third-order valence-corrected chi connectivity index (χ3v) is 10.5. The van der Waals surface area contributed by atoms with E-state index >= 15 is 0 Å². The molecule has 4 N–H and O–H groups in total. The third kappa shape index (κ3) is 17.8. The molecular weight excluding hydrogens is 943 g/mol. The van der Waals surface area contributed by atoms with E-state index in [1.54, 1.807) is 62.4 Å². The zero-order valence-corrected chi connectivity index (χ0v) is 40.7. The van der Waals surface area contributed by atoms with Gasteiger partial charge >= 0.3 is 1.43 Å². The molecule has 21 nitrogen and oxygen atoms in total. The van der Waals surface area contributed by atoms with Gasteiger partial charge in [-0.1, -0.05) is 126 Å². The van der Waals surface area contributed by atoms with Crippen LogP contribution in [0.3, 0.4) is 0 Å². The van der Waals surface area contributed by atoms with E-state index < -0.39 is 26.7 Å². The van der Waals surface area contributed by atoms with Crippen molar-refractivity contribution in [3.05, 3.63) is 149 Å². The van der Waals surface area contributed by atoms with Crippen LogP contribution >= 0.6 is 0 Å². The fourth-order valence-corrected chi connectivity index (χ4v) is 6.78. The Balaban J connectivity index is 0.000000365. The molecule has 2 aromatic heterocycles. The first kappa shape index (κ1) is 57.2.